The van der Waals surface area contributed by atoms with Crippen LogP contribution in [0.15, 0.2) is 71.7 Å². The fourth-order valence-corrected chi connectivity index (χ4v) is 5.04. The predicted octanol–water partition coefficient (Wildman–Crippen LogP) is 6.80. The zero-order valence-electron chi connectivity index (χ0n) is 16.6. The third-order valence-electron chi connectivity index (χ3n) is 4.37. The summed E-state index contributed by atoms with van der Waals surface area (Å²) in [7, 11) is 0. The average Bonchev–Trinajstić information content (AvgIpc) is 3.40. The number of nitrogens with zero attached hydrogens (tertiary/aromatic N) is 4. The maximum atomic E-state index is 12.4. The molecule has 5 nitrogen and oxygen atoms in total. The molecule has 32 heavy (non-hydrogen) atoms. The van der Waals surface area contributed by atoms with E-state index < -0.39 is 6.61 Å². The lowest BCUT2D eigenvalue weighted by molar-refractivity contribution is -0.0498. The summed E-state index contributed by atoms with van der Waals surface area (Å²) >= 11 is 9.33. The highest BCUT2D eigenvalue weighted by Crippen LogP contribution is 2.32. The number of alkyl halides is 2. The molecule has 4 rings (SSSR count). The van der Waals surface area contributed by atoms with Crippen molar-refractivity contribution in [2.24, 2.45) is 0 Å². The van der Waals surface area contributed by atoms with Crippen LogP contribution in [-0.2, 0) is 12.3 Å². The topological polar surface area (TPSA) is 52.8 Å². The van der Waals surface area contributed by atoms with E-state index in [1.165, 1.54) is 23.9 Å². The fraction of sp³-hybridized carbons (Fsp3) is 0.136. The monoisotopic (exact) mass is 490 g/mol. The largest absolute Gasteiger partial charge is 0.435 e. The molecule has 2 aromatic carbocycles. The lowest BCUT2D eigenvalue weighted by atomic mass is 10.2. The summed E-state index contributed by atoms with van der Waals surface area (Å²) in [6, 6.07) is 13.9. The second-order valence-corrected chi connectivity index (χ2v) is 8.73. The Morgan fingerprint density at radius 3 is 2.66 bits per heavy atom. The summed E-state index contributed by atoms with van der Waals surface area (Å²) in [6.45, 7) is 1.45. The highest BCUT2D eigenvalue weighted by Gasteiger charge is 2.15. The lowest BCUT2D eigenvalue weighted by Gasteiger charge is -2.08. The van der Waals surface area contributed by atoms with Gasteiger partial charge in [0.05, 0.1) is 10.7 Å². The van der Waals surface area contributed by atoms with Crippen LogP contribution in [0.5, 0.6) is 5.75 Å². The number of hydrogen-bond acceptors (Lipinski definition) is 6. The van der Waals surface area contributed by atoms with Crippen molar-refractivity contribution >= 4 is 34.7 Å². The smallest absolute Gasteiger partial charge is 0.387 e. The van der Waals surface area contributed by atoms with Crippen LogP contribution in [0.25, 0.3) is 22.0 Å². The van der Waals surface area contributed by atoms with Crippen LogP contribution in [0.4, 0.5) is 8.78 Å². The van der Waals surface area contributed by atoms with E-state index in [4.69, 9.17) is 16.6 Å². The molecule has 164 valence electrons. The zero-order chi connectivity index (χ0) is 22.5. The van der Waals surface area contributed by atoms with Crippen molar-refractivity contribution in [3.8, 4) is 27.7 Å². The van der Waals surface area contributed by atoms with Gasteiger partial charge in [-0.25, -0.2) is 4.98 Å². The molecule has 10 heteroatoms. The summed E-state index contributed by atoms with van der Waals surface area (Å²) in [4.78, 5) is 4.69. The Balaban J connectivity index is 1.51. The molecule has 0 spiro atoms. The van der Waals surface area contributed by atoms with Gasteiger partial charge in [0.25, 0.3) is 0 Å². The van der Waals surface area contributed by atoms with Gasteiger partial charge in [0, 0.05) is 28.8 Å². The first-order chi connectivity index (χ1) is 15.5. The molecule has 0 aliphatic carbocycles. The summed E-state index contributed by atoms with van der Waals surface area (Å²) in [5, 5.41) is 12.8. The third-order valence-corrected chi connectivity index (χ3v) is 6.63. The Morgan fingerprint density at radius 1 is 1.16 bits per heavy atom. The molecular weight excluding hydrogens is 474 g/mol. The number of hydrogen-bond donors (Lipinski definition) is 0. The van der Waals surface area contributed by atoms with E-state index in [-0.39, 0.29) is 5.75 Å². The summed E-state index contributed by atoms with van der Waals surface area (Å²) in [5.41, 5.74) is 2.56. The van der Waals surface area contributed by atoms with Crippen LogP contribution in [0, 0.1) is 0 Å². The van der Waals surface area contributed by atoms with Crippen molar-refractivity contribution in [1.29, 1.82) is 0 Å². The minimum absolute atomic E-state index is 0.0889. The molecule has 0 saturated carbocycles. The Kier molecular flexibility index (Phi) is 7.19. The molecular formula is C22H17ClF2N4OS2. The normalized spacial score (nSPS) is 11.1. The first kappa shape index (κ1) is 22.4. The van der Waals surface area contributed by atoms with E-state index in [1.54, 1.807) is 29.5 Å². The summed E-state index contributed by atoms with van der Waals surface area (Å²) < 4.78 is 31.1. The molecule has 0 saturated heterocycles. The van der Waals surface area contributed by atoms with E-state index in [1.807, 2.05) is 34.2 Å². The molecule has 0 amide bonds. The van der Waals surface area contributed by atoms with Crippen molar-refractivity contribution in [3.63, 3.8) is 0 Å². The number of ether oxygens (including phenoxy) is 1. The van der Waals surface area contributed by atoms with Crippen molar-refractivity contribution in [2.75, 3.05) is 0 Å². The van der Waals surface area contributed by atoms with Gasteiger partial charge >= 0.3 is 6.61 Å². The van der Waals surface area contributed by atoms with Crippen LogP contribution in [-0.4, -0.2) is 26.4 Å². The summed E-state index contributed by atoms with van der Waals surface area (Å²) in [6.07, 6.45) is 1.75. The van der Waals surface area contributed by atoms with Crippen molar-refractivity contribution < 1.29 is 13.5 Å². The van der Waals surface area contributed by atoms with Gasteiger partial charge in [-0.3, -0.25) is 4.57 Å². The number of aromatic nitrogens is 4. The molecule has 0 bridgehead atoms. The van der Waals surface area contributed by atoms with Gasteiger partial charge in [-0.1, -0.05) is 47.6 Å². The average molecular weight is 491 g/mol. The van der Waals surface area contributed by atoms with Crippen molar-refractivity contribution in [1.82, 2.24) is 19.7 Å². The predicted molar refractivity (Wildman–Crippen MR) is 124 cm³/mol. The van der Waals surface area contributed by atoms with Gasteiger partial charge in [0.2, 0.25) is 0 Å². The Morgan fingerprint density at radius 2 is 1.94 bits per heavy atom. The van der Waals surface area contributed by atoms with E-state index in [0.29, 0.717) is 28.3 Å². The second kappa shape index (κ2) is 10.2. The minimum Gasteiger partial charge on any atom is -0.435 e. The molecule has 0 N–H and O–H groups in total. The van der Waals surface area contributed by atoms with Gasteiger partial charge in [0.1, 0.15) is 10.8 Å². The number of rotatable bonds is 9. The van der Waals surface area contributed by atoms with E-state index in [2.05, 4.69) is 21.5 Å². The quantitative estimate of drug-likeness (QED) is 0.191. The van der Waals surface area contributed by atoms with Gasteiger partial charge in [-0.2, -0.15) is 8.78 Å². The van der Waals surface area contributed by atoms with Gasteiger partial charge in [-0.15, -0.1) is 28.1 Å². The van der Waals surface area contributed by atoms with Crippen LogP contribution in [0.3, 0.4) is 0 Å². The SMILES string of the molecule is C=CCn1c(SCc2csc(-c3ccccc3Cl)n2)nnc1-c1ccc(OC(F)F)cc1. The molecule has 0 aliphatic rings. The molecule has 0 radical (unpaired) electrons. The lowest BCUT2D eigenvalue weighted by Crippen LogP contribution is -2.02. The maximum Gasteiger partial charge on any atom is 0.387 e. The number of thiazole rings is 1. The number of benzene rings is 2. The molecule has 2 aromatic heterocycles. The van der Waals surface area contributed by atoms with Crippen LogP contribution >= 0.6 is 34.7 Å². The van der Waals surface area contributed by atoms with Gasteiger partial charge in [0.15, 0.2) is 11.0 Å². The fourth-order valence-electron chi connectivity index (χ4n) is 2.96. The highest BCUT2D eigenvalue weighted by atomic mass is 35.5. The van der Waals surface area contributed by atoms with E-state index in [0.717, 1.165) is 21.8 Å². The Hall–Kier alpha value is -2.75. The van der Waals surface area contributed by atoms with Crippen LogP contribution in [0.1, 0.15) is 5.69 Å². The molecule has 4 aromatic rings. The van der Waals surface area contributed by atoms with Crippen LogP contribution in [0.2, 0.25) is 5.02 Å². The van der Waals surface area contributed by atoms with Crippen LogP contribution < -0.4 is 4.74 Å². The second-order valence-electron chi connectivity index (χ2n) is 6.52. The Bertz CT molecular complexity index is 1210. The highest BCUT2D eigenvalue weighted by molar-refractivity contribution is 7.98. The summed E-state index contributed by atoms with van der Waals surface area (Å²) in [5.74, 6) is 1.31. The third kappa shape index (κ3) is 5.17. The molecule has 0 unspecified atom stereocenters. The minimum atomic E-state index is -2.86. The number of halogens is 3. The van der Waals surface area contributed by atoms with Crippen molar-refractivity contribution in [3.05, 3.63) is 77.3 Å². The molecule has 2 heterocycles. The Labute approximate surface area is 196 Å². The first-order valence-electron chi connectivity index (χ1n) is 9.46. The molecule has 0 atom stereocenters. The van der Waals surface area contributed by atoms with Gasteiger partial charge < -0.3 is 4.74 Å². The molecule has 0 fully saturated rings. The standard InChI is InChI=1S/C22H17ClF2N4OS2/c1-2-11-29-19(14-7-9-16(10-8-14)30-21(24)25)27-28-22(29)32-13-15-12-31-20(26-15)17-5-3-4-6-18(17)23/h2-10,12,21H,1,11,13H2. The van der Waals surface area contributed by atoms with Gasteiger partial charge in [-0.05, 0) is 30.3 Å². The van der Waals surface area contributed by atoms with E-state index in [9.17, 15) is 8.78 Å². The van der Waals surface area contributed by atoms with E-state index >= 15 is 0 Å². The molecule has 0 aliphatic heterocycles. The maximum absolute atomic E-state index is 12.4. The number of thioether (sulfide) groups is 1. The zero-order valence-corrected chi connectivity index (χ0v) is 19.0. The first-order valence-corrected chi connectivity index (χ1v) is 11.7. The van der Waals surface area contributed by atoms with Crippen molar-refractivity contribution in [2.45, 2.75) is 24.1 Å². The number of allylic oxidation sites excluding steroid dienone is 1.